The van der Waals surface area contributed by atoms with E-state index in [0.717, 1.165) is 22.3 Å². The van der Waals surface area contributed by atoms with Crippen molar-refractivity contribution >= 4 is 22.1 Å². The molecule has 98 valence electrons. The second-order valence-electron chi connectivity index (χ2n) is 4.32. The Balaban J connectivity index is 1.91. The minimum Gasteiger partial charge on any atom is -0.492 e. The lowest BCUT2D eigenvalue weighted by molar-refractivity contribution is 0.237. The Morgan fingerprint density at radius 3 is 2.89 bits per heavy atom. The van der Waals surface area contributed by atoms with Crippen molar-refractivity contribution in [2.24, 2.45) is 5.16 Å². The highest BCUT2D eigenvalue weighted by atomic mass is 79.9. The number of likely N-dealkylation sites (tertiary alicyclic amines) is 1. The maximum Gasteiger partial charge on any atom is 0.128 e. The molecule has 1 heterocycles. The summed E-state index contributed by atoms with van der Waals surface area (Å²) in [7, 11) is 0. The van der Waals surface area contributed by atoms with Gasteiger partial charge in [0.2, 0.25) is 0 Å². The van der Waals surface area contributed by atoms with Crippen molar-refractivity contribution in [2.45, 2.75) is 12.8 Å². The zero-order valence-electron chi connectivity index (χ0n) is 10.2. The van der Waals surface area contributed by atoms with Crippen LogP contribution in [0.15, 0.2) is 27.8 Å². The van der Waals surface area contributed by atoms with Crippen LogP contribution in [0.2, 0.25) is 0 Å². The van der Waals surface area contributed by atoms with E-state index >= 15 is 0 Å². The fourth-order valence-electron chi connectivity index (χ4n) is 2.10. The molecule has 1 fully saturated rings. The van der Waals surface area contributed by atoms with Crippen molar-refractivity contribution in [2.75, 3.05) is 26.2 Å². The first-order valence-electron chi connectivity index (χ1n) is 6.12. The molecule has 0 unspecified atom stereocenters. The van der Waals surface area contributed by atoms with E-state index in [2.05, 4.69) is 26.0 Å². The second kappa shape index (κ2) is 6.75. The molecule has 1 aliphatic rings. The van der Waals surface area contributed by atoms with Gasteiger partial charge in [0.05, 0.1) is 6.21 Å². The van der Waals surface area contributed by atoms with E-state index in [1.54, 1.807) is 0 Å². The molecule has 0 amide bonds. The van der Waals surface area contributed by atoms with E-state index in [4.69, 9.17) is 9.94 Å². The van der Waals surface area contributed by atoms with Crippen LogP contribution in [0.1, 0.15) is 18.4 Å². The summed E-state index contributed by atoms with van der Waals surface area (Å²) in [5.74, 6) is 0.746. The van der Waals surface area contributed by atoms with Crippen LogP contribution in [-0.2, 0) is 0 Å². The standard InChI is InChI=1S/C13H17BrN2O2/c14-12-3-4-13(11(9-12)10-15-17)18-8-7-16-5-1-2-6-16/h3-4,9-10,17H,1-2,5-8H2. The molecule has 0 bridgehead atoms. The molecule has 4 nitrogen and oxygen atoms in total. The minimum absolute atomic E-state index is 0.661. The monoisotopic (exact) mass is 312 g/mol. The highest BCUT2D eigenvalue weighted by Gasteiger charge is 2.11. The first-order valence-corrected chi connectivity index (χ1v) is 6.91. The molecule has 1 aromatic carbocycles. The molecule has 0 aromatic heterocycles. The topological polar surface area (TPSA) is 45.1 Å². The molecule has 0 saturated carbocycles. The Hall–Kier alpha value is -1.07. The van der Waals surface area contributed by atoms with Gasteiger partial charge in [-0.2, -0.15) is 0 Å². The first kappa shape index (κ1) is 13.4. The van der Waals surface area contributed by atoms with Gasteiger partial charge in [-0.1, -0.05) is 21.1 Å². The third-order valence-corrected chi connectivity index (χ3v) is 3.53. The van der Waals surface area contributed by atoms with Gasteiger partial charge < -0.3 is 9.94 Å². The van der Waals surface area contributed by atoms with Crippen LogP contribution >= 0.6 is 15.9 Å². The number of rotatable bonds is 5. The van der Waals surface area contributed by atoms with E-state index in [1.165, 1.54) is 32.1 Å². The van der Waals surface area contributed by atoms with Crippen LogP contribution < -0.4 is 4.74 Å². The Kier molecular flexibility index (Phi) is 5.01. The lowest BCUT2D eigenvalue weighted by Crippen LogP contribution is -2.25. The maximum absolute atomic E-state index is 8.62. The lowest BCUT2D eigenvalue weighted by Gasteiger charge is -2.15. The zero-order valence-corrected chi connectivity index (χ0v) is 11.8. The van der Waals surface area contributed by atoms with Crippen LogP contribution in [0, 0.1) is 0 Å². The van der Waals surface area contributed by atoms with Crippen molar-refractivity contribution in [3.05, 3.63) is 28.2 Å². The molecule has 18 heavy (non-hydrogen) atoms. The Bertz CT molecular complexity index is 417. The number of oxime groups is 1. The summed E-state index contributed by atoms with van der Waals surface area (Å²) in [6, 6.07) is 5.66. The maximum atomic E-state index is 8.62. The van der Waals surface area contributed by atoms with Gasteiger partial charge >= 0.3 is 0 Å². The van der Waals surface area contributed by atoms with Crippen LogP contribution in [-0.4, -0.2) is 42.6 Å². The predicted molar refractivity (Wildman–Crippen MR) is 74.7 cm³/mol. The molecule has 1 saturated heterocycles. The molecule has 0 spiro atoms. The molecule has 2 rings (SSSR count). The fourth-order valence-corrected chi connectivity index (χ4v) is 2.48. The quantitative estimate of drug-likeness (QED) is 0.516. The molecular formula is C13H17BrN2O2. The molecule has 0 radical (unpaired) electrons. The number of hydrogen-bond acceptors (Lipinski definition) is 4. The summed E-state index contributed by atoms with van der Waals surface area (Å²) >= 11 is 3.38. The Morgan fingerprint density at radius 1 is 1.39 bits per heavy atom. The molecule has 0 aliphatic carbocycles. The average Bonchev–Trinajstić information content (AvgIpc) is 2.85. The first-order chi connectivity index (χ1) is 8.79. The van der Waals surface area contributed by atoms with E-state index < -0.39 is 0 Å². The van der Waals surface area contributed by atoms with Gasteiger partial charge in [0, 0.05) is 16.6 Å². The van der Waals surface area contributed by atoms with Crippen LogP contribution in [0.4, 0.5) is 0 Å². The summed E-state index contributed by atoms with van der Waals surface area (Å²) in [6.07, 6.45) is 3.97. The van der Waals surface area contributed by atoms with Crippen molar-refractivity contribution in [1.82, 2.24) is 4.90 Å². The minimum atomic E-state index is 0.661. The Labute approximate surface area is 115 Å². The fraction of sp³-hybridized carbons (Fsp3) is 0.462. The van der Waals surface area contributed by atoms with Gasteiger partial charge in [0.1, 0.15) is 12.4 Å². The SMILES string of the molecule is ON=Cc1cc(Br)ccc1OCCN1CCCC1. The molecule has 1 N–H and O–H groups in total. The molecule has 5 heteroatoms. The number of nitrogens with zero attached hydrogens (tertiary/aromatic N) is 2. The summed E-state index contributed by atoms with van der Waals surface area (Å²) in [5.41, 5.74) is 0.772. The van der Waals surface area contributed by atoms with Gasteiger partial charge in [-0.15, -0.1) is 0 Å². The number of benzene rings is 1. The van der Waals surface area contributed by atoms with E-state index in [0.29, 0.717) is 6.61 Å². The van der Waals surface area contributed by atoms with Crippen LogP contribution in [0.3, 0.4) is 0 Å². The molecule has 0 atom stereocenters. The van der Waals surface area contributed by atoms with Gasteiger partial charge in [0.15, 0.2) is 0 Å². The zero-order chi connectivity index (χ0) is 12.8. The second-order valence-corrected chi connectivity index (χ2v) is 5.24. The summed E-state index contributed by atoms with van der Waals surface area (Å²) in [4.78, 5) is 2.40. The van der Waals surface area contributed by atoms with E-state index in [-0.39, 0.29) is 0 Å². The van der Waals surface area contributed by atoms with Crippen molar-refractivity contribution in [1.29, 1.82) is 0 Å². The Morgan fingerprint density at radius 2 is 2.17 bits per heavy atom. The highest BCUT2D eigenvalue weighted by Crippen LogP contribution is 2.22. The average molecular weight is 313 g/mol. The van der Waals surface area contributed by atoms with E-state index in [1.807, 2.05) is 18.2 Å². The third kappa shape index (κ3) is 3.71. The van der Waals surface area contributed by atoms with Crippen molar-refractivity contribution < 1.29 is 9.94 Å². The normalized spacial score (nSPS) is 16.5. The van der Waals surface area contributed by atoms with E-state index in [9.17, 15) is 0 Å². The number of ether oxygens (including phenoxy) is 1. The van der Waals surface area contributed by atoms with Crippen LogP contribution in [0.5, 0.6) is 5.75 Å². The predicted octanol–water partition coefficient (Wildman–Crippen LogP) is 2.73. The summed E-state index contributed by atoms with van der Waals surface area (Å²) in [5, 5.41) is 11.7. The van der Waals surface area contributed by atoms with Crippen molar-refractivity contribution in [3.8, 4) is 5.75 Å². The molecule has 1 aliphatic heterocycles. The number of hydrogen-bond donors (Lipinski definition) is 1. The molecule has 1 aromatic rings. The smallest absolute Gasteiger partial charge is 0.128 e. The summed E-state index contributed by atoms with van der Waals surface area (Å²) < 4.78 is 6.68. The van der Waals surface area contributed by atoms with Gasteiger partial charge in [-0.05, 0) is 44.1 Å². The third-order valence-electron chi connectivity index (χ3n) is 3.03. The van der Waals surface area contributed by atoms with Crippen LogP contribution in [0.25, 0.3) is 0 Å². The highest BCUT2D eigenvalue weighted by molar-refractivity contribution is 9.10. The van der Waals surface area contributed by atoms with Gasteiger partial charge in [-0.3, -0.25) is 4.90 Å². The number of halogens is 1. The van der Waals surface area contributed by atoms with Gasteiger partial charge in [-0.25, -0.2) is 0 Å². The summed E-state index contributed by atoms with van der Waals surface area (Å²) in [6.45, 7) is 3.96. The molecular weight excluding hydrogens is 296 g/mol. The van der Waals surface area contributed by atoms with Gasteiger partial charge in [0.25, 0.3) is 0 Å². The largest absolute Gasteiger partial charge is 0.492 e. The lowest BCUT2D eigenvalue weighted by atomic mass is 10.2. The van der Waals surface area contributed by atoms with Crippen molar-refractivity contribution in [3.63, 3.8) is 0 Å².